The SMILES string of the molecule is [Cl][GaH][CH]1CCCC2C3NC4NC(NC5NC(NC6NC(NC(N3)C12)C1CCCCC61)C1CCCCC51)C1CCCCC41. The monoisotopic (exact) mass is 656 g/mol. The molecule has 5 saturated heterocycles. The molecule has 17 unspecified atom stereocenters. The fourth-order valence-electron chi connectivity index (χ4n) is 12.4. The number of hydrogen-bond acceptors (Lipinski definition) is 8. The summed E-state index contributed by atoms with van der Waals surface area (Å²) in [5.74, 6) is 5.73. The molecular formula is C32H56ClGaN8. The standard InChI is InChI=1S/C32H55N8.ClH.Ga.H/c1-2-10-18-17(9-1)25-33-26(18)38-28-21-13-5-6-14-22(21)30(35-28)40-32-24-16-8-7-15-23(24)31(36-32)39-29-20-12-4-3-11-19(20)27(34-29)37-25;;;/h9,17-40H,1-8,10-16H2;1H;;/q;;+1;/p-1. The third-order valence-electron chi connectivity index (χ3n) is 14.2. The number of hydrogen-bond donors (Lipinski definition) is 8. The molecule has 42 heavy (non-hydrogen) atoms. The van der Waals surface area contributed by atoms with Gasteiger partial charge in [0.1, 0.15) is 0 Å². The van der Waals surface area contributed by atoms with Crippen molar-refractivity contribution in [3.05, 3.63) is 0 Å². The van der Waals surface area contributed by atoms with E-state index in [4.69, 9.17) is 9.64 Å². The Morgan fingerprint density at radius 1 is 0.333 bits per heavy atom. The van der Waals surface area contributed by atoms with Gasteiger partial charge >= 0.3 is 260 Å². The summed E-state index contributed by atoms with van der Waals surface area (Å²) in [5, 5.41) is 33.9. The quantitative estimate of drug-likeness (QED) is 0.204. The predicted molar refractivity (Wildman–Crippen MR) is 169 cm³/mol. The van der Waals surface area contributed by atoms with Crippen LogP contribution in [0.4, 0.5) is 0 Å². The first kappa shape index (κ1) is 28.8. The molecule has 0 aromatic rings. The Morgan fingerprint density at radius 2 is 0.619 bits per heavy atom. The molecule has 5 heterocycles. The van der Waals surface area contributed by atoms with E-state index in [1.54, 1.807) is 0 Å². The van der Waals surface area contributed by atoms with Crippen LogP contribution in [-0.2, 0) is 0 Å². The molecule has 0 amide bonds. The van der Waals surface area contributed by atoms with Crippen molar-refractivity contribution in [2.24, 2.45) is 47.3 Å². The van der Waals surface area contributed by atoms with E-state index in [1.807, 2.05) is 0 Å². The van der Waals surface area contributed by atoms with E-state index < -0.39 is 16.4 Å². The first-order chi connectivity index (χ1) is 20.7. The number of halogens is 1. The normalized spacial score (nSPS) is 57.1. The van der Waals surface area contributed by atoms with Crippen LogP contribution in [-0.4, -0.2) is 65.7 Å². The van der Waals surface area contributed by atoms with Crippen molar-refractivity contribution in [3.63, 3.8) is 0 Å². The van der Waals surface area contributed by atoms with Crippen molar-refractivity contribution < 1.29 is 0 Å². The molecule has 8 bridgehead atoms. The predicted octanol–water partition coefficient (Wildman–Crippen LogP) is 2.59. The van der Waals surface area contributed by atoms with Gasteiger partial charge in [-0.25, -0.2) is 0 Å². The van der Waals surface area contributed by atoms with E-state index in [-0.39, 0.29) is 0 Å². The van der Waals surface area contributed by atoms with Gasteiger partial charge in [0, 0.05) is 0 Å². The summed E-state index contributed by atoms with van der Waals surface area (Å²) in [6.45, 7) is 0. The number of rotatable bonds is 1. The van der Waals surface area contributed by atoms with Gasteiger partial charge in [0.05, 0.1) is 0 Å². The molecule has 0 aromatic carbocycles. The molecule has 17 atom stereocenters. The summed E-state index contributed by atoms with van der Waals surface area (Å²) < 4.78 is 0.783. The molecular weight excluding hydrogens is 602 g/mol. The Hall–Kier alpha value is 0.606. The van der Waals surface area contributed by atoms with Crippen LogP contribution in [0.25, 0.3) is 0 Å². The van der Waals surface area contributed by atoms with Gasteiger partial charge in [-0.3, -0.25) is 0 Å². The van der Waals surface area contributed by atoms with Gasteiger partial charge in [-0.15, -0.1) is 0 Å². The second kappa shape index (κ2) is 12.0. The minimum atomic E-state index is -1.05. The Kier molecular flexibility index (Phi) is 8.23. The van der Waals surface area contributed by atoms with Crippen molar-refractivity contribution in [3.8, 4) is 0 Å². The van der Waals surface area contributed by atoms with Gasteiger partial charge in [-0.2, -0.15) is 0 Å². The summed E-state index contributed by atoms with van der Waals surface area (Å²) in [6, 6.07) is 0. The fourth-order valence-corrected chi connectivity index (χ4v) is 16.9. The summed E-state index contributed by atoms with van der Waals surface area (Å²) in [4.78, 5) is 0. The third-order valence-corrected chi connectivity index (χ3v) is 19.1. The zero-order chi connectivity index (χ0) is 27.8. The maximum absolute atomic E-state index is 6.91. The molecule has 4 saturated carbocycles. The molecule has 0 spiro atoms. The summed E-state index contributed by atoms with van der Waals surface area (Å²) in [7, 11) is 6.91. The zero-order valence-electron chi connectivity index (χ0n) is 25.5. The molecule has 9 fully saturated rings. The molecule has 9 aliphatic rings. The van der Waals surface area contributed by atoms with Gasteiger partial charge in [0.2, 0.25) is 0 Å². The van der Waals surface area contributed by atoms with Crippen LogP contribution in [0.5, 0.6) is 0 Å². The van der Waals surface area contributed by atoms with E-state index >= 15 is 0 Å². The maximum atomic E-state index is 6.91. The molecule has 0 radical (unpaired) electrons. The van der Waals surface area contributed by atoms with Gasteiger partial charge in [-0.05, 0) is 0 Å². The first-order valence-electron chi connectivity index (χ1n) is 18.4. The number of nitrogens with one attached hydrogen (secondary N) is 8. The van der Waals surface area contributed by atoms with Crippen molar-refractivity contribution in [1.82, 2.24) is 42.5 Å². The summed E-state index contributed by atoms with van der Waals surface area (Å²) in [5.41, 5.74) is 0. The van der Waals surface area contributed by atoms with Crippen LogP contribution in [0.3, 0.4) is 0 Å². The Bertz CT molecular complexity index is 975. The molecule has 0 aromatic heterocycles. The Labute approximate surface area is 265 Å². The van der Waals surface area contributed by atoms with E-state index in [0.717, 1.165) is 40.0 Å². The van der Waals surface area contributed by atoms with Crippen LogP contribution < -0.4 is 42.5 Å². The van der Waals surface area contributed by atoms with Crippen LogP contribution in [0.2, 0.25) is 4.47 Å². The van der Waals surface area contributed by atoms with Gasteiger partial charge in [-0.1, -0.05) is 6.42 Å². The Morgan fingerprint density at radius 3 is 0.952 bits per heavy atom. The number of fused-ring (bicyclic) bond motifs is 20. The van der Waals surface area contributed by atoms with Crippen LogP contribution >= 0.6 is 9.64 Å². The topological polar surface area (TPSA) is 96.2 Å². The van der Waals surface area contributed by atoms with Gasteiger partial charge < -0.3 is 0 Å². The molecule has 8 nitrogen and oxygen atoms in total. The molecule has 234 valence electrons. The fraction of sp³-hybridized carbons (Fsp3) is 1.00. The van der Waals surface area contributed by atoms with Gasteiger partial charge in [0.15, 0.2) is 0 Å². The van der Waals surface area contributed by atoms with Crippen molar-refractivity contribution in [2.45, 2.75) is 150 Å². The van der Waals surface area contributed by atoms with Crippen LogP contribution in [0, 0.1) is 47.3 Å². The van der Waals surface area contributed by atoms with E-state index in [9.17, 15) is 0 Å². The molecule has 5 aliphatic heterocycles. The van der Waals surface area contributed by atoms with Crippen LogP contribution in [0.15, 0.2) is 0 Å². The molecule has 10 heteroatoms. The molecule has 9 rings (SSSR count). The molecule has 8 N–H and O–H groups in total. The van der Waals surface area contributed by atoms with Gasteiger partial charge in [0.25, 0.3) is 0 Å². The van der Waals surface area contributed by atoms with Crippen molar-refractivity contribution in [2.75, 3.05) is 0 Å². The third kappa shape index (κ3) is 4.94. The second-order valence-electron chi connectivity index (χ2n) is 16.1. The Balaban J connectivity index is 1.06. The van der Waals surface area contributed by atoms with E-state index in [2.05, 4.69) is 42.5 Å². The average molecular weight is 658 g/mol. The van der Waals surface area contributed by atoms with Crippen molar-refractivity contribution in [1.29, 1.82) is 0 Å². The summed E-state index contributed by atoms with van der Waals surface area (Å²) >= 11 is -1.05. The summed E-state index contributed by atoms with van der Waals surface area (Å²) in [6.07, 6.45) is 23.7. The van der Waals surface area contributed by atoms with Crippen LogP contribution in [0.1, 0.15) is 96.3 Å². The minimum absolute atomic E-state index is 0.364. The van der Waals surface area contributed by atoms with E-state index in [0.29, 0.717) is 61.2 Å². The molecule has 4 aliphatic carbocycles. The van der Waals surface area contributed by atoms with Crippen molar-refractivity contribution >= 4 is 26.0 Å². The first-order valence-corrected chi connectivity index (χ1v) is 24.0. The second-order valence-corrected chi connectivity index (χ2v) is 20.5. The zero-order valence-corrected chi connectivity index (χ0v) is 29.2. The van der Waals surface area contributed by atoms with E-state index in [1.165, 1.54) is 96.3 Å². The average Bonchev–Trinajstić information content (AvgIpc) is 3.76.